The number of hydrogen-bond donors (Lipinski definition) is 1. The fraction of sp³-hybridized carbons (Fsp3) is 0.379. The van der Waals surface area contributed by atoms with Crippen molar-refractivity contribution in [1.29, 1.82) is 0 Å². The largest absolute Gasteiger partial charge is 0.492 e. The van der Waals surface area contributed by atoms with Crippen LogP contribution in [0.15, 0.2) is 66.0 Å². The van der Waals surface area contributed by atoms with Gasteiger partial charge < -0.3 is 14.6 Å². The Morgan fingerprint density at radius 1 is 1.00 bits per heavy atom. The molecule has 0 unspecified atom stereocenters. The maximum atomic E-state index is 12.0. The molecule has 6 heteroatoms. The van der Waals surface area contributed by atoms with Crippen molar-refractivity contribution in [1.82, 2.24) is 14.9 Å². The molecule has 0 radical (unpaired) electrons. The van der Waals surface area contributed by atoms with Gasteiger partial charge in [-0.3, -0.25) is 4.79 Å². The fourth-order valence-electron chi connectivity index (χ4n) is 4.15. The third-order valence-corrected chi connectivity index (χ3v) is 7.01. The van der Waals surface area contributed by atoms with Gasteiger partial charge in [-0.2, -0.15) is 0 Å². The summed E-state index contributed by atoms with van der Waals surface area (Å²) in [7, 11) is 0. The van der Waals surface area contributed by atoms with Crippen LogP contribution in [0, 0.1) is 0 Å². The topological polar surface area (TPSA) is 56.1 Å². The standard InChI is InChI=1S/C29H35N3O2S/c1-29(2,3)22-14-16-23(17-15-22)34-20-19-32-25-11-7-6-10-24(25)31-27(32)13-5-4-8-18-30-28(33)26-12-9-21-35-26/h6-7,9-12,14-17,21H,4-5,8,13,18-20H2,1-3H3,(H,30,33). The highest BCUT2D eigenvalue weighted by molar-refractivity contribution is 7.12. The number of benzene rings is 2. The third-order valence-electron chi connectivity index (χ3n) is 6.15. The maximum absolute atomic E-state index is 12.0. The summed E-state index contributed by atoms with van der Waals surface area (Å²) in [6, 6.07) is 20.5. The maximum Gasteiger partial charge on any atom is 0.261 e. The first kappa shape index (κ1) is 25.0. The van der Waals surface area contributed by atoms with E-state index in [1.165, 1.54) is 16.9 Å². The van der Waals surface area contributed by atoms with Crippen molar-refractivity contribution in [3.05, 3.63) is 82.3 Å². The molecule has 35 heavy (non-hydrogen) atoms. The highest BCUT2D eigenvalue weighted by Gasteiger charge is 2.14. The van der Waals surface area contributed by atoms with Crippen LogP contribution in [-0.2, 0) is 18.4 Å². The molecular weight excluding hydrogens is 454 g/mol. The van der Waals surface area contributed by atoms with E-state index in [0.717, 1.165) is 59.7 Å². The van der Waals surface area contributed by atoms with Crippen LogP contribution >= 0.6 is 11.3 Å². The second-order valence-electron chi connectivity index (χ2n) is 9.84. The molecule has 0 saturated carbocycles. The van der Waals surface area contributed by atoms with Gasteiger partial charge in [0.25, 0.3) is 5.91 Å². The lowest BCUT2D eigenvalue weighted by molar-refractivity contribution is 0.0957. The molecule has 0 spiro atoms. The van der Waals surface area contributed by atoms with Crippen LogP contribution in [0.1, 0.15) is 61.1 Å². The van der Waals surface area contributed by atoms with Gasteiger partial charge in [0.15, 0.2) is 0 Å². The number of fused-ring (bicyclic) bond motifs is 1. The zero-order valence-electron chi connectivity index (χ0n) is 20.9. The van der Waals surface area contributed by atoms with Gasteiger partial charge in [-0.1, -0.05) is 57.5 Å². The monoisotopic (exact) mass is 489 g/mol. The minimum atomic E-state index is 0.0230. The summed E-state index contributed by atoms with van der Waals surface area (Å²) in [4.78, 5) is 17.7. The van der Waals surface area contributed by atoms with Gasteiger partial charge in [-0.15, -0.1) is 11.3 Å². The summed E-state index contributed by atoms with van der Waals surface area (Å²) in [6.07, 6.45) is 3.96. The summed E-state index contributed by atoms with van der Waals surface area (Å²) in [6.45, 7) is 8.71. The average Bonchev–Trinajstić information content (AvgIpc) is 3.50. The first-order chi connectivity index (χ1) is 16.9. The fourth-order valence-corrected chi connectivity index (χ4v) is 4.79. The van der Waals surface area contributed by atoms with Gasteiger partial charge >= 0.3 is 0 Å². The van der Waals surface area contributed by atoms with Crippen molar-refractivity contribution in [3.63, 3.8) is 0 Å². The van der Waals surface area contributed by atoms with E-state index in [2.05, 4.69) is 73.1 Å². The highest BCUT2D eigenvalue weighted by Crippen LogP contribution is 2.24. The summed E-state index contributed by atoms with van der Waals surface area (Å²) in [5.74, 6) is 2.02. The van der Waals surface area contributed by atoms with Crippen LogP contribution in [0.3, 0.4) is 0 Å². The number of unbranched alkanes of at least 4 members (excludes halogenated alkanes) is 2. The van der Waals surface area contributed by atoms with Crippen LogP contribution in [-0.4, -0.2) is 28.6 Å². The van der Waals surface area contributed by atoms with Crippen molar-refractivity contribution in [2.75, 3.05) is 13.2 Å². The first-order valence-electron chi connectivity index (χ1n) is 12.4. The zero-order chi connectivity index (χ0) is 24.7. The van der Waals surface area contributed by atoms with E-state index in [-0.39, 0.29) is 11.3 Å². The number of nitrogens with zero attached hydrogens (tertiary/aromatic N) is 2. The zero-order valence-corrected chi connectivity index (χ0v) is 21.7. The molecule has 5 nitrogen and oxygen atoms in total. The van der Waals surface area contributed by atoms with E-state index in [0.29, 0.717) is 13.2 Å². The van der Waals surface area contributed by atoms with Crippen molar-refractivity contribution < 1.29 is 9.53 Å². The molecule has 0 aliphatic heterocycles. The lowest BCUT2D eigenvalue weighted by atomic mass is 9.87. The van der Waals surface area contributed by atoms with Gasteiger partial charge in [0.05, 0.1) is 22.5 Å². The molecule has 0 aliphatic rings. The van der Waals surface area contributed by atoms with E-state index in [1.807, 2.05) is 23.6 Å². The van der Waals surface area contributed by atoms with Gasteiger partial charge in [-0.05, 0) is 59.5 Å². The second-order valence-corrected chi connectivity index (χ2v) is 10.8. The van der Waals surface area contributed by atoms with Crippen molar-refractivity contribution >= 4 is 28.3 Å². The average molecular weight is 490 g/mol. The Hall–Kier alpha value is -3.12. The number of aromatic nitrogens is 2. The molecule has 184 valence electrons. The molecule has 0 bridgehead atoms. The first-order valence-corrected chi connectivity index (χ1v) is 13.3. The van der Waals surface area contributed by atoms with E-state index < -0.39 is 0 Å². The Labute approximate surface area is 212 Å². The molecule has 4 rings (SSSR count). The molecule has 0 atom stereocenters. The van der Waals surface area contributed by atoms with Crippen LogP contribution < -0.4 is 10.1 Å². The summed E-state index contributed by atoms with van der Waals surface area (Å²) in [5, 5.41) is 4.93. The van der Waals surface area contributed by atoms with Crippen molar-refractivity contribution in [2.24, 2.45) is 0 Å². The molecule has 1 N–H and O–H groups in total. The third kappa shape index (κ3) is 6.73. The lowest BCUT2D eigenvalue weighted by Crippen LogP contribution is -2.23. The SMILES string of the molecule is CC(C)(C)c1ccc(OCCn2c(CCCCCNC(=O)c3cccs3)nc3ccccc32)cc1. The number of carbonyl (C=O) groups is 1. The minimum Gasteiger partial charge on any atom is -0.492 e. The van der Waals surface area contributed by atoms with Gasteiger partial charge in [0.2, 0.25) is 0 Å². The normalized spacial score (nSPS) is 11.6. The van der Waals surface area contributed by atoms with E-state index in [9.17, 15) is 4.79 Å². The van der Waals surface area contributed by atoms with Crippen LogP contribution in [0.4, 0.5) is 0 Å². The predicted molar refractivity (Wildman–Crippen MR) is 145 cm³/mol. The summed E-state index contributed by atoms with van der Waals surface area (Å²) >= 11 is 1.47. The number of nitrogens with one attached hydrogen (secondary N) is 1. The van der Waals surface area contributed by atoms with Crippen LogP contribution in [0.25, 0.3) is 11.0 Å². The number of para-hydroxylation sites is 2. The van der Waals surface area contributed by atoms with Gasteiger partial charge in [0.1, 0.15) is 18.2 Å². The summed E-state index contributed by atoms with van der Waals surface area (Å²) in [5.41, 5.74) is 3.62. The minimum absolute atomic E-state index is 0.0230. The Kier molecular flexibility index (Phi) is 8.24. The molecule has 1 amide bonds. The van der Waals surface area contributed by atoms with Gasteiger partial charge in [0, 0.05) is 13.0 Å². The molecular formula is C29H35N3O2S. The van der Waals surface area contributed by atoms with Crippen molar-refractivity contribution in [3.8, 4) is 5.75 Å². The molecule has 4 aromatic rings. The number of imidazole rings is 1. The molecule has 0 aliphatic carbocycles. The molecule has 0 fully saturated rings. The number of carbonyl (C=O) groups excluding carboxylic acids is 1. The van der Waals surface area contributed by atoms with E-state index in [4.69, 9.17) is 9.72 Å². The van der Waals surface area contributed by atoms with Crippen LogP contribution in [0.2, 0.25) is 0 Å². The molecule has 2 aromatic carbocycles. The lowest BCUT2D eigenvalue weighted by Gasteiger charge is -2.19. The highest BCUT2D eigenvalue weighted by atomic mass is 32.1. The summed E-state index contributed by atoms with van der Waals surface area (Å²) < 4.78 is 8.36. The smallest absolute Gasteiger partial charge is 0.261 e. The second kappa shape index (κ2) is 11.5. The molecule has 2 aromatic heterocycles. The number of hydrogen-bond acceptors (Lipinski definition) is 4. The quantitative estimate of drug-likeness (QED) is 0.241. The Morgan fingerprint density at radius 3 is 2.54 bits per heavy atom. The van der Waals surface area contributed by atoms with Crippen LogP contribution in [0.5, 0.6) is 5.75 Å². The number of rotatable bonds is 11. The van der Waals surface area contributed by atoms with E-state index >= 15 is 0 Å². The predicted octanol–water partition coefficient (Wildman–Crippen LogP) is 6.62. The van der Waals surface area contributed by atoms with E-state index in [1.54, 1.807) is 0 Å². The Bertz CT molecular complexity index is 1220. The molecule has 0 saturated heterocycles. The molecule has 2 heterocycles. The number of thiophene rings is 1. The van der Waals surface area contributed by atoms with Gasteiger partial charge in [-0.25, -0.2) is 4.98 Å². The number of amides is 1. The Balaban J connectivity index is 1.28. The Morgan fingerprint density at radius 2 is 1.80 bits per heavy atom. The number of aryl methyl sites for hydroxylation is 1. The van der Waals surface area contributed by atoms with Crippen molar-refractivity contribution in [2.45, 2.75) is 58.4 Å². The number of ether oxygens (including phenoxy) is 1.